The summed E-state index contributed by atoms with van der Waals surface area (Å²) in [7, 11) is 1.26. The van der Waals surface area contributed by atoms with Gasteiger partial charge in [-0.15, -0.1) is 0 Å². The first-order valence-electron chi connectivity index (χ1n) is 10.8. The summed E-state index contributed by atoms with van der Waals surface area (Å²) in [6.07, 6.45) is 1.48. The van der Waals surface area contributed by atoms with Crippen molar-refractivity contribution in [3.63, 3.8) is 0 Å². The van der Waals surface area contributed by atoms with E-state index in [-0.39, 0.29) is 28.9 Å². The Hall–Kier alpha value is -3.70. The first-order chi connectivity index (χ1) is 16.5. The van der Waals surface area contributed by atoms with Crippen LogP contribution in [0.1, 0.15) is 12.5 Å². The zero-order valence-corrected chi connectivity index (χ0v) is 19.9. The molecule has 0 saturated carbocycles. The zero-order valence-electron chi connectivity index (χ0n) is 19.1. The molecule has 8 nitrogen and oxygen atoms in total. The van der Waals surface area contributed by atoms with Crippen molar-refractivity contribution >= 4 is 35.2 Å². The molecule has 0 radical (unpaired) electrons. The molecule has 2 aromatic carbocycles. The summed E-state index contributed by atoms with van der Waals surface area (Å²) in [6, 6.07) is 15.2. The van der Waals surface area contributed by atoms with Crippen molar-refractivity contribution in [2.45, 2.75) is 6.92 Å². The minimum absolute atomic E-state index is 0.00472. The highest BCUT2D eigenvalue weighted by atomic mass is 35.5. The number of amides is 1. The summed E-state index contributed by atoms with van der Waals surface area (Å²) >= 11 is 6.36. The number of nitriles is 1. The van der Waals surface area contributed by atoms with Gasteiger partial charge in [-0.05, 0) is 42.8 Å². The summed E-state index contributed by atoms with van der Waals surface area (Å²) in [5, 5.41) is 9.85. The van der Waals surface area contributed by atoms with Gasteiger partial charge in [0.05, 0.1) is 18.7 Å². The Bertz CT molecular complexity index is 1090. The summed E-state index contributed by atoms with van der Waals surface area (Å²) in [5.41, 5.74) is 1.61. The van der Waals surface area contributed by atoms with Gasteiger partial charge in [-0.2, -0.15) is 5.26 Å². The molecule has 178 valence electrons. The fourth-order valence-corrected chi connectivity index (χ4v) is 3.82. The number of para-hydroxylation sites is 1. The fourth-order valence-electron chi connectivity index (χ4n) is 3.55. The summed E-state index contributed by atoms with van der Waals surface area (Å²) in [6.45, 7) is 4.17. The van der Waals surface area contributed by atoms with E-state index in [9.17, 15) is 14.9 Å². The maximum Gasteiger partial charge on any atom is 0.343 e. The second-order valence-corrected chi connectivity index (χ2v) is 7.82. The molecular formula is C25H26ClN3O5. The van der Waals surface area contributed by atoms with Crippen LogP contribution in [-0.4, -0.2) is 63.3 Å². The number of anilines is 1. The highest BCUT2D eigenvalue weighted by molar-refractivity contribution is 6.32. The second-order valence-electron chi connectivity index (χ2n) is 7.41. The van der Waals surface area contributed by atoms with Crippen molar-refractivity contribution in [3.05, 3.63) is 58.6 Å². The van der Waals surface area contributed by atoms with E-state index in [0.717, 1.165) is 5.69 Å². The van der Waals surface area contributed by atoms with Crippen LogP contribution in [0.15, 0.2) is 48.0 Å². The van der Waals surface area contributed by atoms with Crippen LogP contribution in [0.5, 0.6) is 11.5 Å². The van der Waals surface area contributed by atoms with Gasteiger partial charge in [0.15, 0.2) is 18.1 Å². The normalized spacial score (nSPS) is 13.8. The highest BCUT2D eigenvalue weighted by Gasteiger charge is 2.24. The van der Waals surface area contributed by atoms with Crippen molar-refractivity contribution < 1.29 is 23.8 Å². The van der Waals surface area contributed by atoms with E-state index in [1.165, 1.54) is 13.2 Å². The molecule has 34 heavy (non-hydrogen) atoms. The zero-order chi connectivity index (χ0) is 24.5. The number of hydrogen-bond acceptors (Lipinski definition) is 7. The standard InChI is InChI=1S/C25H26ClN3O5/c1-3-33-22-15-18(14-21(26)24(22)34-17-23(30)32-2)13-19(16-27)25(31)29-11-9-28(10-12-29)20-7-5-4-6-8-20/h4-8,13-15H,3,9-12,17H2,1-2H3/b19-13-. The number of carbonyl (C=O) groups is 2. The number of ether oxygens (including phenoxy) is 3. The number of halogens is 1. The molecule has 3 rings (SSSR count). The third kappa shape index (κ3) is 6.21. The van der Waals surface area contributed by atoms with Crippen molar-refractivity contribution in [1.29, 1.82) is 5.26 Å². The van der Waals surface area contributed by atoms with Gasteiger partial charge in [0.25, 0.3) is 5.91 Å². The smallest absolute Gasteiger partial charge is 0.343 e. The average molecular weight is 484 g/mol. The van der Waals surface area contributed by atoms with Crippen molar-refractivity contribution in [2.75, 3.05) is 51.4 Å². The van der Waals surface area contributed by atoms with E-state index < -0.39 is 5.97 Å². The van der Waals surface area contributed by atoms with Gasteiger partial charge in [-0.1, -0.05) is 29.8 Å². The monoisotopic (exact) mass is 483 g/mol. The number of esters is 1. The number of piperazine rings is 1. The Balaban J connectivity index is 1.75. The molecule has 1 heterocycles. The van der Waals surface area contributed by atoms with E-state index in [4.69, 9.17) is 21.1 Å². The molecule has 0 spiro atoms. The van der Waals surface area contributed by atoms with Crippen LogP contribution in [0.3, 0.4) is 0 Å². The average Bonchev–Trinajstić information content (AvgIpc) is 2.87. The van der Waals surface area contributed by atoms with E-state index in [0.29, 0.717) is 44.1 Å². The van der Waals surface area contributed by atoms with Gasteiger partial charge in [-0.25, -0.2) is 4.79 Å². The predicted molar refractivity (Wildman–Crippen MR) is 129 cm³/mol. The maximum absolute atomic E-state index is 13.0. The van der Waals surface area contributed by atoms with Crippen LogP contribution in [0.2, 0.25) is 5.02 Å². The molecule has 0 N–H and O–H groups in total. The maximum atomic E-state index is 13.0. The molecule has 0 bridgehead atoms. The van der Waals surface area contributed by atoms with Crippen LogP contribution in [0.4, 0.5) is 5.69 Å². The number of nitrogens with zero attached hydrogens (tertiary/aromatic N) is 3. The molecule has 0 aromatic heterocycles. The second kappa shape index (κ2) is 12.0. The number of carbonyl (C=O) groups excluding carboxylic acids is 2. The summed E-state index contributed by atoms with van der Waals surface area (Å²) in [4.78, 5) is 28.3. The minimum atomic E-state index is -0.563. The third-order valence-corrected chi connectivity index (χ3v) is 5.52. The van der Waals surface area contributed by atoms with Crippen LogP contribution in [0, 0.1) is 11.3 Å². The fraction of sp³-hybridized carbons (Fsp3) is 0.320. The largest absolute Gasteiger partial charge is 0.490 e. The van der Waals surface area contributed by atoms with Gasteiger partial charge in [-0.3, -0.25) is 4.79 Å². The lowest BCUT2D eigenvalue weighted by Gasteiger charge is -2.36. The van der Waals surface area contributed by atoms with Gasteiger partial charge in [0.2, 0.25) is 0 Å². The molecule has 0 unspecified atom stereocenters. The quantitative estimate of drug-likeness (QED) is 0.322. The predicted octanol–water partition coefficient (Wildman–Crippen LogP) is 3.55. The number of methoxy groups -OCH3 is 1. The van der Waals surface area contributed by atoms with Crippen LogP contribution in [-0.2, 0) is 14.3 Å². The summed E-state index contributed by atoms with van der Waals surface area (Å²) < 4.78 is 15.6. The van der Waals surface area contributed by atoms with Crippen molar-refractivity contribution in [2.24, 2.45) is 0 Å². The molecular weight excluding hydrogens is 458 g/mol. The van der Waals surface area contributed by atoms with Gasteiger partial charge in [0.1, 0.15) is 11.6 Å². The van der Waals surface area contributed by atoms with Gasteiger partial charge >= 0.3 is 5.97 Å². The molecule has 1 saturated heterocycles. The van der Waals surface area contributed by atoms with Crippen molar-refractivity contribution in [3.8, 4) is 17.6 Å². The summed E-state index contributed by atoms with van der Waals surface area (Å²) in [5.74, 6) is -0.415. The van der Waals surface area contributed by atoms with E-state index in [1.54, 1.807) is 24.0 Å². The minimum Gasteiger partial charge on any atom is -0.490 e. The number of rotatable bonds is 8. The first kappa shape index (κ1) is 24.9. The van der Waals surface area contributed by atoms with Crippen LogP contribution < -0.4 is 14.4 Å². The Labute approximate surface area is 203 Å². The molecule has 1 aliphatic rings. The van der Waals surface area contributed by atoms with Gasteiger partial charge in [0, 0.05) is 31.9 Å². The Morgan fingerprint density at radius 3 is 2.44 bits per heavy atom. The molecule has 1 amide bonds. The van der Waals surface area contributed by atoms with E-state index in [2.05, 4.69) is 9.64 Å². The molecule has 2 aromatic rings. The van der Waals surface area contributed by atoms with Crippen molar-refractivity contribution in [1.82, 2.24) is 4.90 Å². The molecule has 9 heteroatoms. The first-order valence-corrected chi connectivity index (χ1v) is 11.2. The van der Waals surface area contributed by atoms with E-state index >= 15 is 0 Å². The SMILES string of the molecule is CCOc1cc(/C=C(/C#N)C(=O)N2CCN(c3ccccc3)CC2)cc(Cl)c1OCC(=O)OC. The lowest BCUT2D eigenvalue weighted by Crippen LogP contribution is -2.49. The number of hydrogen-bond donors (Lipinski definition) is 0. The Morgan fingerprint density at radius 2 is 1.82 bits per heavy atom. The van der Waals surface area contributed by atoms with Crippen LogP contribution in [0.25, 0.3) is 6.08 Å². The molecule has 1 fully saturated rings. The highest BCUT2D eigenvalue weighted by Crippen LogP contribution is 2.37. The van der Waals surface area contributed by atoms with Gasteiger partial charge < -0.3 is 24.0 Å². The number of benzene rings is 2. The Morgan fingerprint density at radius 1 is 1.12 bits per heavy atom. The van der Waals surface area contributed by atoms with Crippen LogP contribution >= 0.6 is 11.6 Å². The van der Waals surface area contributed by atoms with E-state index in [1.807, 2.05) is 36.4 Å². The third-order valence-electron chi connectivity index (χ3n) is 5.24. The lowest BCUT2D eigenvalue weighted by molar-refractivity contribution is -0.142. The molecule has 0 atom stereocenters. The molecule has 1 aliphatic heterocycles. The molecule has 0 aliphatic carbocycles. The lowest BCUT2D eigenvalue weighted by atomic mass is 10.1. The topological polar surface area (TPSA) is 92.1 Å². The Kier molecular flexibility index (Phi) is 8.77.